The summed E-state index contributed by atoms with van der Waals surface area (Å²) in [5.74, 6) is 0.693. The molecule has 1 unspecified atom stereocenters. The van der Waals surface area contributed by atoms with Crippen LogP contribution in [-0.4, -0.2) is 56.2 Å². The van der Waals surface area contributed by atoms with Crippen molar-refractivity contribution in [3.63, 3.8) is 0 Å². The Morgan fingerprint density at radius 3 is 2.21 bits per heavy atom. The minimum Gasteiger partial charge on any atom is -0.497 e. The van der Waals surface area contributed by atoms with E-state index in [1.54, 1.807) is 12.0 Å². The second-order valence-corrected chi connectivity index (χ2v) is 10.5. The Labute approximate surface area is 195 Å². The number of nitrogens with one attached hydrogen (secondary N) is 1. The summed E-state index contributed by atoms with van der Waals surface area (Å²) >= 11 is 0. The van der Waals surface area contributed by atoms with Gasteiger partial charge in [-0.05, 0) is 67.6 Å². The lowest BCUT2D eigenvalue weighted by Crippen LogP contribution is -2.45. The lowest BCUT2D eigenvalue weighted by molar-refractivity contribution is -0.134. The second kappa shape index (κ2) is 10.4. The van der Waals surface area contributed by atoms with E-state index in [1.807, 2.05) is 31.2 Å². The van der Waals surface area contributed by atoms with Crippen LogP contribution in [0.15, 0.2) is 53.4 Å². The summed E-state index contributed by atoms with van der Waals surface area (Å²) in [6.45, 7) is 3.54. The maximum atomic E-state index is 13.3. The molecule has 1 saturated carbocycles. The van der Waals surface area contributed by atoms with Crippen molar-refractivity contribution in [3.05, 3.63) is 54.1 Å². The molecular formula is C24H31N3O5S. The van der Waals surface area contributed by atoms with Gasteiger partial charge in [0, 0.05) is 32.2 Å². The number of carbonyl (C=O) groups is 2. The highest BCUT2D eigenvalue weighted by atomic mass is 32.2. The molecule has 178 valence electrons. The largest absolute Gasteiger partial charge is 0.497 e. The van der Waals surface area contributed by atoms with E-state index < -0.39 is 10.0 Å². The molecular weight excluding hydrogens is 442 g/mol. The zero-order valence-electron chi connectivity index (χ0n) is 19.4. The van der Waals surface area contributed by atoms with Gasteiger partial charge in [-0.15, -0.1) is 0 Å². The molecule has 0 aliphatic heterocycles. The summed E-state index contributed by atoms with van der Waals surface area (Å²) in [6, 6.07) is 13.4. The van der Waals surface area contributed by atoms with Crippen molar-refractivity contribution in [2.45, 2.75) is 44.2 Å². The van der Waals surface area contributed by atoms with Crippen LogP contribution < -0.4 is 10.1 Å². The molecule has 1 atom stereocenters. The van der Waals surface area contributed by atoms with Crippen LogP contribution in [0.4, 0.5) is 5.69 Å². The normalized spacial score (nSPS) is 14.6. The molecule has 0 radical (unpaired) electrons. The van der Waals surface area contributed by atoms with Crippen LogP contribution in [0.1, 0.15) is 32.3 Å². The number of rotatable bonds is 10. The van der Waals surface area contributed by atoms with Gasteiger partial charge in [0.1, 0.15) is 5.75 Å². The Bertz CT molecular complexity index is 1080. The minimum absolute atomic E-state index is 0.0210. The minimum atomic E-state index is -3.87. The maximum absolute atomic E-state index is 13.3. The van der Waals surface area contributed by atoms with Gasteiger partial charge in [0.05, 0.1) is 18.6 Å². The molecule has 3 rings (SSSR count). The fourth-order valence-electron chi connectivity index (χ4n) is 3.68. The predicted octanol–water partition coefficient (Wildman–Crippen LogP) is 3.10. The Morgan fingerprint density at radius 1 is 1.09 bits per heavy atom. The second-order valence-electron chi connectivity index (χ2n) is 8.41. The molecule has 0 spiro atoms. The first-order valence-corrected chi connectivity index (χ1v) is 12.3. The lowest BCUT2D eigenvalue weighted by Gasteiger charge is -2.31. The first kappa shape index (κ1) is 24.7. The maximum Gasteiger partial charge on any atom is 0.243 e. The Balaban J connectivity index is 1.73. The Kier molecular flexibility index (Phi) is 7.76. The lowest BCUT2D eigenvalue weighted by atomic mass is 10.1. The number of benzene rings is 2. The summed E-state index contributed by atoms with van der Waals surface area (Å²) < 4.78 is 32.3. The number of hydrogen-bond donors (Lipinski definition) is 1. The van der Waals surface area contributed by atoms with Gasteiger partial charge in [0.15, 0.2) is 0 Å². The highest BCUT2D eigenvalue weighted by Crippen LogP contribution is 2.36. The van der Waals surface area contributed by atoms with Crippen molar-refractivity contribution in [1.82, 2.24) is 9.21 Å². The number of sulfonamides is 1. The summed E-state index contributed by atoms with van der Waals surface area (Å²) in [7, 11) is -0.862. The number of amides is 2. The van der Waals surface area contributed by atoms with Gasteiger partial charge in [-0.3, -0.25) is 9.59 Å². The third kappa shape index (κ3) is 6.33. The summed E-state index contributed by atoms with van der Waals surface area (Å²) in [5.41, 5.74) is 1.46. The molecule has 0 bridgehead atoms. The molecule has 33 heavy (non-hydrogen) atoms. The zero-order valence-corrected chi connectivity index (χ0v) is 20.3. The van der Waals surface area contributed by atoms with E-state index in [9.17, 15) is 18.0 Å². The third-order valence-corrected chi connectivity index (χ3v) is 7.69. The average molecular weight is 474 g/mol. The average Bonchev–Trinajstić information content (AvgIpc) is 3.62. The summed E-state index contributed by atoms with van der Waals surface area (Å²) in [5, 5.41) is 2.60. The first-order valence-electron chi connectivity index (χ1n) is 10.9. The fraction of sp³-hybridized carbons (Fsp3) is 0.417. The Morgan fingerprint density at radius 2 is 1.70 bits per heavy atom. The standard InChI is InChI=1S/C24H31N3O5S/c1-17(20-7-8-20)27(15-19-5-11-22(32-4)12-6-19)24(29)16-26(3)33(30,31)23-13-9-21(10-14-23)25-18(2)28/h5-6,9-14,17,20H,7-8,15-16H2,1-4H3,(H,25,28). The molecule has 2 aromatic rings. The molecule has 9 heteroatoms. The van der Waals surface area contributed by atoms with Crippen molar-refractivity contribution in [1.29, 1.82) is 0 Å². The smallest absolute Gasteiger partial charge is 0.243 e. The van der Waals surface area contributed by atoms with Crippen molar-refractivity contribution < 1.29 is 22.7 Å². The van der Waals surface area contributed by atoms with Gasteiger partial charge in [-0.2, -0.15) is 4.31 Å². The Hall–Kier alpha value is -2.91. The number of anilines is 1. The third-order valence-electron chi connectivity index (χ3n) is 5.87. The number of nitrogens with zero attached hydrogens (tertiary/aromatic N) is 2. The quantitative estimate of drug-likeness (QED) is 0.572. The number of hydrogen-bond acceptors (Lipinski definition) is 5. The highest BCUT2D eigenvalue weighted by molar-refractivity contribution is 7.89. The van der Waals surface area contributed by atoms with Gasteiger partial charge < -0.3 is 15.0 Å². The number of methoxy groups -OCH3 is 1. The summed E-state index contributed by atoms with van der Waals surface area (Å²) in [4.78, 5) is 26.3. The molecule has 1 fully saturated rings. The molecule has 2 aromatic carbocycles. The molecule has 1 aliphatic carbocycles. The van der Waals surface area contributed by atoms with Gasteiger partial charge in [0.2, 0.25) is 21.8 Å². The molecule has 1 N–H and O–H groups in total. The van der Waals surface area contributed by atoms with E-state index in [0.717, 1.165) is 28.5 Å². The van der Waals surface area contributed by atoms with Gasteiger partial charge in [0.25, 0.3) is 0 Å². The number of carbonyl (C=O) groups excluding carboxylic acids is 2. The summed E-state index contributed by atoms with van der Waals surface area (Å²) in [6.07, 6.45) is 2.14. The number of likely N-dealkylation sites (N-methyl/N-ethyl adjacent to an activating group) is 1. The van der Waals surface area contributed by atoms with Crippen molar-refractivity contribution in [2.75, 3.05) is 26.0 Å². The van der Waals surface area contributed by atoms with Crippen molar-refractivity contribution >= 4 is 27.5 Å². The van der Waals surface area contributed by atoms with E-state index in [0.29, 0.717) is 18.2 Å². The van der Waals surface area contributed by atoms with Gasteiger partial charge >= 0.3 is 0 Å². The molecule has 0 saturated heterocycles. The predicted molar refractivity (Wildman–Crippen MR) is 126 cm³/mol. The first-order chi connectivity index (χ1) is 15.6. The van der Waals surface area contributed by atoms with Crippen LogP contribution in [-0.2, 0) is 26.2 Å². The van der Waals surface area contributed by atoms with Gasteiger partial charge in [-0.1, -0.05) is 12.1 Å². The van der Waals surface area contributed by atoms with Crippen LogP contribution in [0, 0.1) is 5.92 Å². The highest BCUT2D eigenvalue weighted by Gasteiger charge is 2.35. The van der Waals surface area contributed by atoms with Crippen molar-refractivity contribution in [2.24, 2.45) is 5.92 Å². The van der Waals surface area contributed by atoms with E-state index in [-0.39, 0.29) is 29.3 Å². The van der Waals surface area contributed by atoms with Crippen LogP contribution in [0.5, 0.6) is 5.75 Å². The van der Waals surface area contributed by atoms with E-state index in [2.05, 4.69) is 5.32 Å². The molecule has 2 amide bonds. The molecule has 8 nitrogen and oxygen atoms in total. The van der Waals surface area contributed by atoms with E-state index in [4.69, 9.17) is 4.74 Å². The topological polar surface area (TPSA) is 96.0 Å². The zero-order chi connectivity index (χ0) is 24.2. The molecule has 0 aromatic heterocycles. The van der Waals surface area contributed by atoms with E-state index >= 15 is 0 Å². The van der Waals surface area contributed by atoms with Crippen LogP contribution >= 0.6 is 0 Å². The van der Waals surface area contributed by atoms with Crippen molar-refractivity contribution in [3.8, 4) is 5.75 Å². The molecule has 0 heterocycles. The SMILES string of the molecule is COc1ccc(CN(C(=O)CN(C)S(=O)(=O)c2ccc(NC(C)=O)cc2)C(C)C2CC2)cc1. The molecule has 1 aliphatic rings. The van der Waals surface area contributed by atoms with Crippen LogP contribution in [0.25, 0.3) is 0 Å². The monoisotopic (exact) mass is 473 g/mol. The van der Waals surface area contributed by atoms with Gasteiger partial charge in [-0.25, -0.2) is 8.42 Å². The van der Waals surface area contributed by atoms with Crippen LogP contribution in [0.2, 0.25) is 0 Å². The fourth-order valence-corrected chi connectivity index (χ4v) is 4.80. The number of ether oxygens (including phenoxy) is 1. The van der Waals surface area contributed by atoms with Crippen LogP contribution in [0.3, 0.4) is 0 Å². The van der Waals surface area contributed by atoms with E-state index in [1.165, 1.54) is 38.2 Å².